The van der Waals surface area contributed by atoms with E-state index >= 15 is 0 Å². The number of anilines is 1. The first-order valence-electron chi connectivity index (χ1n) is 6.61. The Morgan fingerprint density at radius 3 is 2.76 bits per heavy atom. The van der Waals surface area contributed by atoms with Gasteiger partial charge in [0.15, 0.2) is 0 Å². The first-order chi connectivity index (χ1) is 10.0. The average Bonchev–Trinajstić information content (AvgIpc) is 2.47. The van der Waals surface area contributed by atoms with E-state index in [-0.39, 0.29) is 28.5 Å². The summed E-state index contributed by atoms with van der Waals surface area (Å²) in [6, 6.07) is 0. The van der Waals surface area contributed by atoms with Crippen molar-refractivity contribution in [2.24, 2.45) is 5.92 Å². The molecule has 0 N–H and O–H groups in total. The highest BCUT2D eigenvalue weighted by atomic mass is 35.5. The van der Waals surface area contributed by atoms with Crippen molar-refractivity contribution in [2.75, 3.05) is 24.6 Å². The quantitative estimate of drug-likeness (QED) is 0.362. The Labute approximate surface area is 126 Å². The van der Waals surface area contributed by atoms with Crippen LogP contribution in [0.5, 0.6) is 0 Å². The Hall–Kier alpha value is -1.96. The third kappa shape index (κ3) is 3.38. The van der Waals surface area contributed by atoms with Crippen LogP contribution in [0.25, 0.3) is 0 Å². The van der Waals surface area contributed by atoms with Crippen molar-refractivity contribution in [2.45, 2.75) is 19.8 Å². The van der Waals surface area contributed by atoms with E-state index < -0.39 is 4.92 Å². The Kier molecular flexibility index (Phi) is 4.89. The second-order valence-corrected chi connectivity index (χ2v) is 4.97. The molecule has 0 radical (unpaired) electrons. The van der Waals surface area contributed by atoms with Crippen LogP contribution >= 0.6 is 11.6 Å². The van der Waals surface area contributed by atoms with E-state index in [1.807, 2.05) is 0 Å². The van der Waals surface area contributed by atoms with Crippen LogP contribution in [0, 0.1) is 16.0 Å². The summed E-state index contributed by atoms with van der Waals surface area (Å²) < 4.78 is 4.99. The maximum atomic E-state index is 11.7. The molecule has 21 heavy (non-hydrogen) atoms. The zero-order chi connectivity index (χ0) is 15.4. The third-order valence-corrected chi connectivity index (χ3v) is 3.63. The van der Waals surface area contributed by atoms with Gasteiger partial charge in [-0.05, 0) is 19.8 Å². The lowest BCUT2D eigenvalue weighted by molar-refractivity contribution is -0.384. The van der Waals surface area contributed by atoms with E-state index in [9.17, 15) is 14.9 Å². The van der Waals surface area contributed by atoms with Gasteiger partial charge in [0, 0.05) is 13.1 Å². The van der Waals surface area contributed by atoms with Crippen LogP contribution in [0.1, 0.15) is 19.8 Å². The second kappa shape index (κ2) is 6.66. The van der Waals surface area contributed by atoms with E-state index in [1.54, 1.807) is 11.8 Å². The molecule has 8 nitrogen and oxygen atoms in total. The number of carbonyl (C=O) groups is 1. The number of nitrogens with zero attached hydrogens (tertiary/aromatic N) is 4. The maximum Gasteiger partial charge on any atom is 0.348 e. The van der Waals surface area contributed by atoms with Crippen molar-refractivity contribution in [3.8, 4) is 0 Å². The number of carbonyl (C=O) groups excluding carboxylic acids is 1. The van der Waals surface area contributed by atoms with Crippen molar-refractivity contribution < 1.29 is 14.5 Å². The molecule has 0 atom stereocenters. The van der Waals surface area contributed by atoms with Gasteiger partial charge in [0.2, 0.25) is 11.0 Å². The molecule has 0 spiro atoms. The molecule has 0 aromatic carbocycles. The van der Waals surface area contributed by atoms with E-state index in [1.165, 1.54) is 6.33 Å². The number of ether oxygens (including phenoxy) is 1. The van der Waals surface area contributed by atoms with E-state index in [2.05, 4.69) is 9.97 Å². The predicted molar refractivity (Wildman–Crippen MR) is 75.3 cm³/mol. The normalized spacial score (nSPS) is 15.8. The minimum Gasteiger partial charge on any atom is -0.466 e. The highest BCUT2D eigenvalue weighted by molar-refractivity contribution is 6.31. The molecular weight excluding hydrogens is 300 g/mol. The Morgan fingerprint density at radius 1 is 1.52 bits per heavy atom. The Balaban J connectivity index is 2.11. The lowest BCUT2D eigenvalue weighted by atomic mass is 9.97. The summed E-state index contributed by atoms with van der Waals surface area (Å²) >= 11 is 5.77. The number of hydrogen-bond donors (Lipinski definition) is 0. The first-order valence-corrected chi connectivity index (χ1v) is 6.98. The van der Waals surface area contributed by atoms with Gasteiger partial charge in [-0.15, -0.1) is 0 Å². The molecule has 0 amide bonds. The van der Waals surface area contributed by atoms with Crippen LogP contribution in [-0.2, 0) is 9.53 Å². The number of rotatable bonds is 4. The van der Waals surface area contributed by atoms with E-state index in [0.29, 0.717) is 32.5 Å². The number of nitro groups is 1. The fraction of sp³-hybridized carbons (Fsp3) is 0.583. The highest BCUT2D eigenvalue weighted by Gasteiger charge is 2.31. The van der Waals surface area contributed by atoms with Gasteiger partial charge in [0.1, 0.15) is 6.33 Å². The first kappa shape index (κ1) is 15.4. The molecular formula is C12H15ClN4O4. The summed E-state index contributed by atoms with van der Waals surface area (Å²) in [5.74, 6) is -0.188. The molecule has 0 saturated carbocycles. The highest BCUT2D eigenvalue weighted by Crippen LogP contribution is 2.33. The van der Waals surface area contributed by atoms with Crippen LogP contribution < -0.4 is 4.90 Å². The standard InChI is InChI=1S/C12H15ClN4O4/c1-2-21-12(18)8-3-5-16(6-4-8)11-9(17(19)20)10(13)14-7-15-11/h7-8H,2-6H2,1H3. The molecule has 0 aliphatic carbocycles. The van der Waals surface area contributed by atoms with Crippen LogP contribution in [0.2, 0.25) is 5.15 Å². The molecule has 1 fully saturated rings. The third-order valence-electron chi connectivity index (χ3n) is 3.36. The lowest BCUT2D eigenvalue weighted by Crippen LogP contribution is -2.37. The monoisotopic (exact) mass is 314 g/mol. The van der Waals surface area contributed by atoms with E-state index in [0.717, 1.165) is 0 Å². The van der Waals surface area contributed by atoms with Gasteiger partial charge in [-0.3, -0.25) is 14.9 Å². The summed E-state index contributed by atoms with van der Waals surface area (Å²) in [7, 11) is 0. The fourth-order valence-electron chi connectivity index (χ4n) is 2.32. The Bertz CT molecular complexity index is 546. The molecule has 1 aliphatic rings. The minimum atomic E-state index is -0.588. The van der Waals surface area contributed by atoms with Crippen LogP contribution in [0.15, 0.2) is 6.33 Å². The summed E-state index contributed by atoms with van der Waals surface area (Å²) in [5, 5.41) is 10.9. The molecule has 0 unspecified atom stereocenters. The zero-order valence-electron chi connectivity index (χ0n) is 11.5. The van der Waals surface area contributed by atoms with Crippen LogP contribution in [0.3, 0.4) is 0 Å². The van der Waals surface area contributed by atoms with Gasteiger partial charge in [-0.2, -0.15) is 0 Å². The molecule has 1 saturated heterocycles. The van der Waals surface area contributed by atoms with Crippen molar-refractivity contribution in [1.82, 2.24) is 9.97 Å². The largest absolute Gasteiger partial charge is 0.466 e. The number of hydrogen-bond acceptors (Lipinski definition) is 7. The second-order valence-electron chi connectivity index (χ2n) is 4.61. The maximum absolute atomic E-state index is 11.7. The van der Waals surface area contributed by atoms with Crippen LogP contribution in [0.4, 0.5) is 11.5 Å². The van der Waals surface area contributed by atoms with Crippen molar-refractivity contribution in [3.05, 3.63) is 21.6 Å². The number of piperidine rings is 1. The summed E-state index contributed by atoms with van der Waals surface area (Å²) in [5.41, 5.74) is -0.297. The smallest absolute Gasteiger partial charge is 0.348 e. The van der Waals surface area contributed by atoms with Gasteiger partial charge < -0.3 is 9.64 Å². The molecule has 2 heterocycles. The summed E-state index contributed by atoms with van der Waals surface area (Å²) in [6.45, 7) is 3.08. The number of aromatic nitrogens is 2. The van der Waals surface area contributed by atoms with Gasteiger partial charge in [0.25, 0.3) is 0 Å². The molecule has 0 bridgehead atoms. The SMILES string of the molecule is CCOC(=O)C1CCN(c2ncnc(Cl)c2[N+](=O)[O-])CC1. The molecule has 9 heteroatoms. The molecule has 1 aromatic rings. The fourth-order valence-corrected chi connectivity index (χ4v) is 2.52. The molecule has 2 rings (SSSR count). The summed E-state index contributed by atoms with van der Waals surface area (Å²) in [4.78, 5) is 31.5. The molecule has 1 aromatic heterocycles. The average molecular weight is 315 g/mol. The lowest BCUT2D eigenvalue weighted by Gasteiger charge is -2.31. The van der Waals surface area contributed by atoms with E-state index in [4.69, 9.17) is 16.3 Å². The zero-order valence-corrected chi connectivity index (χ0v) is 12.2. The topological polar surface area (TPSA) is 98.5 Å². The van der Waals surface area contributed by atoms with Crippen molar-refractivity contribution in [1.29, 1.82) is 0 Å². The predicted octanol–water partition coefficient (Wildman–Crippen LogP) is 1.82. The number of esters is 1. The Morgan fingerprint density at radius 2 is 2.19 bits per heavy atom. The van der Waals surface area contributed by atoms with Crippen molar-refractivity contribution >= 4 is 29.1 Å². The molecule has 114 valence electrons. The summed E-state index contributed by atoms with van der Waals surface area (Å²) in [6.07, 6.45) is 2.33. The van der Waals surface area contributed by atoms with Gasteiger partial charge >= 0.3 is 11.7 Å². The number of halogens is 1. The van der Waals surface area contributed by atoms with Gasteiger partial charge in [-0.25, -0.2) is 9.97 Å². The minimum absolute atomic E-state index is 0.169. The van der Waals surface area contributed by atoms with Gasteiger partial charge in [0.05, 0.1) is 17.4 Å². The van der Waals surface area contributed by atoms with Crippen LogP contribution in [-0.4, -0.2) is 40.6 Å². The van der Waals surface area contributed by atoms with Gasteiger partial charge in [-0.1, -0.05) is 11.6 Å². The molecule has 1 aliphatic heterocycles. The van der Waals surface area contributed by atoms with Crippen molar-refractivity contribution in [3.63, 3.8) is 0 Å².